The molecule has 0 saturated heterocycles. The molecule has 0 bridgehead atoms. The molecule has 0 aromatic carbocycles. The number of rotatable bonds is 14. The topological polar surface area (TPSA) is 55.4 Å². The summed E-state index contributed by atoms with van der Waals surface area (Å²) < 4.78 is 67.8. The van der Waals surface area contributed by atoms with Gasteiger partial charge in [0.05, 0.1) is 6.61 Å². The highest BCUT2D eigenvalue weighted by atomic mass is 19.4. The minimum Gasteiger partial charge on any atom is -0.464 e. The van der Waals surface area contributed by atoms with Crippen LogP contribution in [-0.4, -0.2) is 36.6 Å². The Morgan fingerprint density at radius 1 is 0.857 bits per heavy atom. The van der Waals surface area contributed by atoms with Gasteiger partial charge in [0.15, 0.2) is 0 Å². The number of alkyl halides is 5. The van der Waals surface area contributed by atoms with Crippen molar-refractivity contribution >= 4 is 11.9 Å². The van der Waals surface area contributed by atoms with Crippen LogP contribution in [0, 0.1) is 5.92 Å². The van der Waals surface area contributed by atoms with Crippen molar-refractivity contribution in [2.24, 2.45) is 5.92 Å². The van der Waals surface area contributed by atoms with Crippen molar-refractivity contribution in [3.63, 3.8) is 0 Å². The maximum absolute atomic E-state index is 13.0. The molecule has 0 saturated carbocycles. The number of amides is 1. The molecule has 1 N–H and O–H groups in total. The largest absolute Gasteiger partial charge is 0.464 e. The quantitative estimate of drug-likeness (QED) is 0.234. The Hall–Kier alpha value is -1.41. The van der Waals surface area contributed by atoms with E-state index < -0.39 is 35.9 Å². The molecule has 0 aliphatic heterocycles. The van der Waals surface area contributed by atoms with E-state index in [1.54, 1.807) is 0 Å². The molecule has 0 rings (SSSR count). The molecular weight excluding hydrogens is 385 g/mol. The van der Waals surface area contributed by atoms with Crippen LogP contribution in [0.25, 0.3) is 0 Å². The van der Waals surface area contributed by atoms with Crippen LogP contribution in [0.15, 0.2) is 0 Å². The fourth-order valence-electron chi connectivity index (χ4n) is 2.53. The summed E-state index contributed by atoms with van der Waals surface area (Å²) in [6, 6.07) is -1.57. The van der Waals surface area contributed by atoms with Gasteiger partial charge < -0.3 is 10.1 Å². The summed E-state index contributed by atoms with van der Waals surface area (Å²) in [5.74, 6) is -9.85. The minimum atomic E-state index is -6.03. The van der Waals surface area contributed by atoms with Crippen molar-refractivity contribution in [1.29, 1.82) is 0 Å². The second-order valence-electron chi connectivity index (χ2n) is 7.26. The first-order chi connectivity index (χ1) is 12.9. The van der Waals surface area contributed by atoms with Gasteiger partial charge in [-0.25, -0.2) is 4.79 Å². The van der Waals surface area contributed by atoms with Gasteiger partial charge in [-0.15, -0.1) is 0 Å². The lowest BCUT2D eigenvalue weighted by Gasteiger charge is -2.24. The van der Waals surface area contributed by atoms with Gasteiger partial charge in [-0.3, -0.25) is 4.79 Å². The van der Waals surface area contributed by atoms with Crippen LogP contribution in [0.2, 0.25) is 0 Å². The average molecular weight is 417 g/mol. The first kappa shape index (κ1) is 26.6. The zero-order valence-corrected chi connectivity index (χ0v) is 16.8. The van der Waals surface area contributed by atoms with E-state index >= 15 is 0 Å². The third-order valence-electron chi connectivity index (χ3n) is 4.34. The van der Waals surface area contributed by atoms with Crippen molar-refractivity contribution in [3.05, 3.63) is 0 Å². The van der Waals surface area contributed by atoms with E-state index in [1.807, 2.05) is 0 Å². The molecule has 0 aliphatic rings. The highest BCUT2D eigenvalue weighted by Gasteiger charge is 2.63. The van der Waals surface area contributed by atoms with Crippen LogP contribution in [0.3, 0.4) is 0 Å². The number of esters is 1. The van der Waals surface area contributed by atoms with Crippen LogP contribution in [0.1, 0.15) is 78.6 Å². The van der Waals surface area contributed by atoms with Crippen LogP contribution >= 0.6 is 0 Å². The van der Waals surface area contributed by atoms with E-state index in [9.17, 15) is 31.5 Å². The molecule has 4 nitrogen and oxygen atoms in total. The SMILES string of the molecule is CCCCCCCCCCCOC(=O)C(NC(=O)C(F)(F)C(F)(F)F)C(C)C. The molecule has 1 unspecified atom stereocenters. The molecule has 0 spiro atoms. The van der Waals surface area contributed by atoms with Crippen molar-refractivity contribution in [2.75, 3.05) is 6.61 Å². The maximum Gasteiger partial charge on any atom is 0.463 e. The molecule has 0 aliphatic carbocycles. The van der Waals surface area contributed by atoms with Crippen LogP contribution in [0.5, 0.6) is 0 Å². The van der Waals surface area contributed by atoms with Gasteiger partial charge in [0.25, 0.3) is 0 Å². The monoisotopic (exact) mass is 417 g/mol. The number of unbranched alkanes of at least 4 members (excludes halogenated alkanes) is 8. The number of halogens is 5. The number of ether oxygens (including phenoxy) is 1. The van der Waals surface area contributed by atoms with Crippen molar-refractivity contribution in [3.8, 4) is 0 Å². The van der Waals surface area contributed by atoms with Gasteiger partial charge in [-0.05, 0) is 12.3 Å². The predicted octanol–water partition coefficient (Wildman–Crippen LogP) is 5.40. The molecule has 9 heteroatoms. The maximum atomic E-state index is 13.0. The molecule has 0 aromatic heterocycles. The van der Waals surface area contributed by atoms with Crippen LogP contribution in [-0.2, 0) is 14.3 Å². The normalized spacial score (nSPS) is 13.5. The lowest BCUT2D eigenvalue weighted by atomic mass is 10.0. The smallest absolute Gasteiger partial charge is 0.463 e. The van der Waals surface area contributed by atoms with E-state index in [2.05, 4.69) is 6.92 Å². The summed E-state index contributed by atoms with van der Waals surface area (Å²) in [7, 11) is 0. The molecule has 0 radical (unpaired) electrons. The molecular formula is C19H32F5NO3. The molecule has 166 valence electrons. The Labute approximate surface area is 163 Å². The van der Waals surface area contributed by atoms with Crippen LogP contribution < -0.4 is 5.32 Å². The second-order valence-corrected chi connectivity index (χ2v) is 7.26. The number of hydrogen-bond donors (Lipinski definition) is 1. The summed E-state index contributed by atoms with van der Waals surface area (Å²) in [4.78, 5) is 23.3. The molecule has 0 aromatic rings. The Morgan fingerprint density at radius 2 is 1.32 bits per heavy atom. The van der Waals surface area contributed by atoms with Crippen molar-refractivity contribution in [2.45, 2.75) is 96.7 Å². The first-order valence-electron chi connectivity index (χ1n) is 9.87. The Balaban J connectivity index is 4.24. The molecule has 1 atom stereocenters. The van der Waals surface area contributed by atoms with Gasteiger partial charge in [-0.2, -0.15) is 22.0 Å². The zero-order chi connectivity index (χ0) is 21.8. The first-order valence-corrected chi connectivity index (χ1v) is 9.87. The molecule has 28 heavy (non-hydrogen) atoms. The third-order valence-corrected chi connectivity index (χ3v) is 4.34. The highest BCUT2D eigenvalue weighted by molar-refractivity contribution is 5.89. The average Bonchev–Trinajstić information content (AvgIpc) is 2.59. The van der Waals surface area contributed by atoms with Crippen molar-refractivity contribution in [1.82, 2.24) is 5.32 Å². The summed E-state index contributed by atoms with van der Waals surface area (Å²) in [5.41, 5.74) is 0. The van der Waals surface area contributed by atoms with Gasteiger partial charge in [-0.1, -0.05) is 72.1 Å². The fraction of sp³-hybridized carbons (Fsp3) is 0.895. The van der Waals surface area contributed by atoms with E-state index in [0.717, 1.165) is 25.7 Å². The van der Waals surface area contributed by atoms with Crippen molar-refractivity contribution < 1.29 is 36.3 Å². The third kappa shape index (κ3) is 9.68. The highest BCUT2D eigenvalue weighted by Crippen LogP contribution is 2.35. The number of nitrogens with one attached hydrogen (secondary N) is 1. The number of hydrogen-bond acceptors (Lipinski definition) is 3. The number of carbonyl (C=O) groups is 2. The molecule has 0 heterocycles. The lowest BCUT2D eigenvalue weighted by Crippen LogP contribution is -2.56. The van der Waals surface area contributed by atoms with Gasteiger partial charge in [0, 0.05) is 0 Å². The Bertz CT molecular complexity index is 467. The standard InChI is InChI=1S/C19H32F5NO3/c1-4-5-6-7-8-9-10-11-12-13-28-16(26)15(14(2)3)25-17(27)18(20,21)19(22,23)24/h14-15H,4-13H2,1-3H3,(H,25,27). The van der Waals surface area contributed by atoms with E-state index in [1.165, 1.54) is 44.8 Å². The minimum absolute atomic E-state index is 0.0312. The lowest BCUT2D eigenvalue weighted by molar-refractivity contribution is -0.270. The Kier molecular flexibility index (Phi) is 12.3. The summed E-state index contributed by atoms with van der Waals surface area (Å²) in [5, 5.41) is 1.47. The second kappa shape index (κ2) is 12.9. The van der Waals surface area contributed by atoms with Crippen LogP contribution in [0.4, 0.5) is 22.0 Å². The van der Waals surface area contributed by atoms with Gasteiger partial charge >= 0.3 is 24.0 Å². The van der Waals surface area contributed by atoms with Gasteiger partial charge in [0.1, 0.15) is 6.04 Å². The molecule has 0 fully saturated rings. The van der Waals surface area contributed by atoms with E-state index in [0.29, 0.717) is 6.42 Å². The summed E-state index contributed by atoms with van der Waals surface area (Å²) in [6.07, 6.45) is 3.42. The zero-order valence-electron chi connectivity index (χ0n) is 16.8. The fourth-order valence-corrected chi connectivity index (χ4v) is 2.53. The van der Waals surface area contributed by atoms with E-state index in [4.69, 9.17) is 4.74 Å². The van der Waals surface area contributed by atoms with Gasteiger partial charge in [0.2, 0.25) is 0 Å². The summed E-state index contributed by atoms with van der Waals surface area (Å²) >= 11 is 0. The summed E-state index contributed by atoms with van der Waals surface area (Å²) in [6.45, 7) is 5.01. The number of carbonyl (C=O) groups excluding carboxylic acids is 2. The molecule has 1 amide bonds. The predicted molar refractivity (Wildman–Crippen MR) is 96.0 cm³/mol. The van der Waals surface area contributed by atoms with E-state index in [-0.39, 0.29) is 6.61 Å². The Morgan fingerprint density at radius 3 is 1.75 bits per heavy atom.